The first-order chi connectivity index (χ1) is 3.06. The van der Waals surface area contributed by atoms with Gasteiger partial charge in [-0.1, -0.05) is 6.58 Å². The van der Waals surface area contributed by atoms with Gasteiger partial charge < -0.3 is 4.74 Å². The van der Waals surface area contributed by atoms with Gasteiger partial charge in [-0.25, -0.2) is 0 Å². The molecule has 0 unspecified atom stereocenters. The summed E-state index contributed by atoms with van der Waals surface area (Å²) < 4.78 is 4.88. The maximum absolute atomic E-state index is 4.98. The van der Waals surface area contributed by atoms with Gasteiger partial charge in [-0.15, -0.1) is 0 Å². The molecular formula is C5H9IO. The molecular weight excluding hydrogens is 203 g/mol. The zero-order chi connectivity index (χ0) is 5.91. The highest BCUT2D eigenvalue weighted by molar-refractivity contribution is 14.1. The monoisotopic (exact) mass is 212 g/mol. The van der Waals surface area contributed by atoms with Crippen LogP contribution in [0.15, 0.2) is 12.8 Å². The SMILES string of the molecule is C=COC(C)(C)I. The molecule has 0 heterocycles. The molecule has 0 N–H and O–H groups in total. The third-order valence-electron chi connectivity index (χ3n) is 0.364. The Hall–Kier alpha value is 0.270. The second kappa shape index (κ2) is 2.55. The summed E-state index contributed by atoms with van der Waals surface area (Å²) in [7, 11) is 0. The van der Waals surface area contributed by atoms with Gasteiger partial charge in [0.25, 0.3) is 0 Å². The van der Waals surface area contributed by atoms with E-state index in [2.05, 4.69) is 29.2 Å². The molecule has 0 aromatic rings. The van der Waals surface area contributed by atoms with Crippen LogP contribution in [-0.2, 0) is 4.74 Å². The summed E-state index contributed by atoms with van der Waals surface area (Å²) in [6.45, 7) is 7.35. The van der Waals surface area contributed by atoms with Gasteiger partial charge in [0.15, 0.2) is 3.61 Å². The molecule has 0 aromatic carbocycles. The standard InChI is InChI=1S/C5H9IO/c1-4-7-5(2,3)6/h4H,1H2,2-3H3. The average molecular weight is 212 g/mol. The van der Waals surface area contributed by atoms with Crippen LogP contribution in [0.4, 0.5) is 0 Å². The average Bonchev–Trinajstić information content (AvgIpc) is 1.30. The molecule has 0 aliphatic heterocycles. The van der Waals surface area contributed by atoms with Crippen LogP contribution in [0.5, 0.6) is 0 Å². The lowest BCUT2D eigenvalue weighted by Gasteiger charge is -2.14. The molecule has 0 fully saturated rings. The first kappa shape index (κ1) is 7.27. The van der Waals surface area contributed by atoms with E-state index in [1.807, 2.05) is 13.8 Å². The van der Waals surface area contributed by atoms with E-state index < -0.39 is 0 Å². The minimum atomic E-state index is -0.0977. The van der Waals surface area contributed by atoms with Crippen molar-refractivity contribution in [1.29, 1.82) is 0 Å². The van der Waals surface area contributed by atoms with Crippen molar-refractivity contribution in [3.63, 3.8) is 0 Å². The van der Waals surface area contributed by atoms with E-state index >= 15 is 0 Å². The molecule has 0 amide bonds. The van der Waals surface area contributed by atoms with Crippen LogP contribution in [0, 0.1) is 0 Å². The van der Waals surface area contributed by atoms with Gasteiger partial charge in [-0.05, 0) is 36.4 Å². The molecule has 0 aromatic heterocycles. The summed E-state index contributed by atoms with van der Waals surface area (Å²) in [6.07, 6.45) is 1.45. The lowest BCUT2D eigenvalue weighted by Crippen LogP contribution is -2.09. The van der Waals surface area contributed by atoms with Gasteiger partial charge in [-0.2, -0.15) is 0 Å². The molecule has 0 aliphatic carbocycles. The summed E-state index contributed by atoms with van der Waals surface area (Å²) >= 11 is 2.18. The highest BCUT2D eigenvalue weighted by Crippen LogP contribution is 2.17. The number of alkyl halides is 1. The maximum Gasteiger partial charge on any atom is 0.152 e. The van der Waals surface area contributed by atoms with Crippen molar-refractivity contribution in [1.82, 2.24) is 0 Å². The van der Waals surface area contributed by atoms with Gasteiger partial charge in [0.2, 0.25) is 0 Å². The molecule has 42 valence electrons. The maximum atomic E-state index is 4.98. The van der Waals surface area contributed by atoms with Crippen LogP contribution in [-0.4, -0.2) is 3.61 Å². The zero-order valence-corrected chi connectivity index (χ0v) is 6.73. The normalized spacial score (nSPS) is 10.7. The Bertz CT molecular complexity index is 63.0. The van der Waals surface area contributed by atoms with E-state index in [0.717, 1.165) is 0 Å². The quantitative estimate of drug-likeness (QED) is 0.387. The van der Waals surface area contributed by atoms with Crippen molar-refractivity contribution in [3.8, 4) is 0 Å². The van der Waals surface area contributed by atoms with E-state index in [0.29, 0.717) is 0 Å². The molecule has 0 radical (unpaired) electrons. The Kier molecular flexibility index (Phi) is 2.64. The summed E-state index contributed by atoms with van der Waals surface area (Å²) in [5.41, 5.74) is 0. The lowest BCUT2D eigenvalue weighted by atomic mass is 10.5. The van der Waals surface area contributed by atoms with Crippen molar-refractivity contribution in [2.24, 2.45) is 0 Å². The largest absolute Gasteiger partial charge is 0.486 e. The number of rotatable bonds is 2. The second-order valence-corrected chi connectivity index (χ2v) is 4.25. The number of ether oxygens (including phenoxy) is 1. The smallest absolute Gasteiger partial charge is 0.152 e. The van der Waals surface area contributed by atoms with Gasteiger partial charge in [0.05, 0.1) is 6.26 Å². The fraction of sp³-hybridized carbons (Fsp3) is 0.600. The molecule has 0 bridgehead atoms. The molecule has 0 aliphatic rings. The third kappa shape index (κ3) is 6.27. The fourth-order valence-corrected chi connectivity index (χ4v) is 0.378. The predicted octanol–water partition coefficient (Wildman–Crippen LogP) is 2.32. The van der Waals surface area contributed by atoms with Gasteiger partial charge in [-0.3, -0.25) is 0 Å². The van der Waals surface area contributed by atoms with Crippen LogP contribution in [0.1, 0.15) is 13.8 Å². The molecule has 7 heavy (non-hydrogen) atoms. The third-order valence-corrected chi connectivity index (χ3v) is 0.618. The van der Waals surface area contributed by atoms with Crippen LogP contribution < -0.4 is 0 Å². The van der Waals surface area contributed by atoms with Gasteiger partial charge >= 0.3 is 0 Å². The topological polar surface area (TPSA) is 9.23 Å². The molecule has 0 saturated carbocycles. The highest BCUT2D eigenvalue weighted by atomic mass is 127. The molecule has 1 nitrogen and oxygen atoms in total. The van der Waals surface area contributed by atoms with Crippen molar-refractivity contribution in [2.75, 3.05) is 0 Å². The van der Waals surface area contributed by atoms with Crippen LogP contribution >= 0.6 is 22.6 Å². The van der Waals surface area contributed by atoms with E-state index in [4.69, 9.17) is 4.74 Å². The Labute approximate surface area is 57.9 Å². The summed E-state index contributed by atoms with van der Waals surface area (Å²) in [4.78, 5) is 0. The van der Waals surface area contributed by atoms with E-state index in [9.17, 15) is 0 Å². The van der Waals surface area contributed by atoms with Gasteiger partial charge in [0, 0.05) is 0 Å². The number of hydrogen-bond donors (Lipinski definition) is 0. The Balaban J connectivity index is 3.34. The van der Waals surface area contributed by atoms with Crippen molar-refractivity contribution in [2.45, 2.75) is 17.5 Å². The first-order valence-electron chi connectivity index (χ1n) is 2.04. The number of hydrogen-bond acceptors (Lipinski definition) is 1. The Morgan fingerprint density at radius 2 is 2.14 bits per heavy atom. The highest BCUT2D eigenvalue weighted by Gasteiger charge is 2.08. The second-order valence-electron chi connectivity index (χ2n) is 1.65. The van der Waals surface area contributed by atoms with E-state index in [1.54, 1.807) is 0 Å². The van der Waals surface area contributed by atoms with Crippen molar-refractivity contribution < 1.29 is 4.74 Å². The zero-order valence-electron chi connectivity index (χ0n) is 4.57. The van der Waals surface area contributed by atoms with Crippen molar-refractivity contribution in [3.05, 3.63) is 12.8 Å². The van der Waals surface area contributed by atoms with Crippen LogP contribution in [0.3, 0.4) is 0 Å². The molecule has 0 atom stereocenters. The predicted molar refractivity (Wildman–Crippen MR) is 39.4 cm³/mol. The Morgan fingerprint density at radius 3 is 2.14 bits per heavy atom. The van der Waals surface area contributed by atoms with Gasteiger partial charge in [0.1, 0.15) is 0 Å². The molecule has 0 rings (SSSR count). The number of halogens is 1. The minimum Gasteiger partial charge on any atom is -0.486 e. The van der Waals surface area contributed by atoms with E-state index in [-0.39, 0.29) is 3.61 Å². The fourth-order valence-electron chi connectivity index (χ4n) is 0.198. The molecule has 2 heteroatoms. The summed E-state index contributed by atoms with van der Waals surface area (Å²) in [6, 6.07) is 0. The first-order valence-corrected chi connectivity index (χ1v) is 3.12. The van der Waals surface area contributed by atoms with E-state index in [1.165, 1.54) is 6.26 Å². The summed E-state index contributed by atoms with van der Waals surface area (Å²) in [5, 5.41) is 0. The molecule has 0 spiro atoms. The minimum absolute atomic E-state index is 0.0977. The van der Waals surface area contributed by atoms with Crippen molar-refractivity contribution >= 4 is 22.6 Å². The summed E-state index contributed by atoms with van der Waals surface area (Å²) in [5.74, 6) is 0. The van der Waals surface area contributed by atoms with Crippen LogP contribution in [0.2, 0.25) is 0 Å². The van der Waals surface area contributed by atoms with Crippen LogP contribution in [0.25, 0.3) is 0 Å². The molecule has 0 saturated heterocycles. The Morgan fingerprint density at radius 1 is 1.71 bits per heavy atom. The lowest BCUT2D eigenvalue weighted by molar-refractivity contribution is 0.164.